The van der Waals surface area contributed by atoms with Gasteiger partial charge in [0.25, 0.3) is 0 Å². The monoisotopic (exact) mass is 271 g/mol. The van der Waals surface area contributed by atoms with E-state index in [0.717, 1.165) is 11.5 Å². The predicted octanol–water partition coefficient (Wildman–Crippen LogP) is 0.968. The van der Waals surface area contributed by atoms with Crippen LogP contribution in [0.2, 0.25) is 0 Å². The Labute approximate surface area is 110 Å². The number of nitrogens with one attached hydrogen (secondary N) is 1. The molecular weight excluding hydrogens is 254 g/mol. The number of hydrogen-bond acceptors (Lipinski definition) is 5. The van der Waals surface area contributed by atoms with Gasteiger partial charge in [-0.1, -0.05) is 6.92 Å². The van der Waals surface area contributed by atoms with Crippen molar-refractivity contribution in [2.24, 2.45) is 5.92 Å². The maximum absolute atomic E-state index is 12.1. The zero-order valence-electron chi connectivity index (χ0n) is 10.9. The van der Waals surface area contributed by atoms with Gasteiger partial charge in [0, 0.05) is 19.5 Å². The number of carboxylic acids is 1. The average molecular weight is 271 g/mol. The van der Waals surface area contributed by atoms with Crippen molar-refractivity contribution in [2.75, 3.05) is 25.5 Å². The summed E-state index contributed by atoms with van der Waals surface area (Å²) in [7, 11) is 3.34. The van der Waals surface area contributed by atoms with Crippen LogP contribution in [-0.4, -0.2) is 42.0 Å². The minimum atomic E-state index is -1.06. The van der Waals surface area contributed by atoms with E-state index < -0.39 is 5.97 Å². The number of carbonyl (C=O) groups excluding carboxylic acids is 1. The number of aryl methyl sites for hydroxylation is 1. The van der Waals surface area contributed by atoms with Gasteiger partial charge in [-0.15, -0.1) is 0 Å². The van der Waals surface area contributed by atoms with Gasteiger partial charge in [-0.3, -0.25) is 4.79 Å². The van der Waals surface area contributed by atoms with Gasteiger partial charge in [0.2, 0.25) is 5.91 Å². The summed E-state index contributed by atoms with van der Waals surface area (Å²) >= 11 is 1.03. The molecule has 1 amide bonds. The van der Waals surface area contributed by atoms with Gasteiger partial charge < -0.3 is 15.3 Å². The summed E-state index contributed by atoms with van der Waals surface area (Å²) in [4.78, 5) is 24.6. The third-order valence-electron chi connectivity index (χ3n) is 2.63. The zero-order valence-corrected chi connectivity index (χ0v) is 11.7. The summed E-state index contributed by atoms with van der Waals surface area (Å²) < 4.78 is 4.00. The highest BCUT2D eigenvalue weighted by molar-refractivity contribution is 7.11. The highest BCUT2D eigenvalue weighted by Gasteiger charge is 2.26. The van der Waals surface area contributed by atoms with E-state index in [0.29, 0.717) is 17.2 Å². The SMILES string of the molecule is CNCC(C)C(=O)N(C)c1snc(C)c1C(=O)O. The Hall–Kier alpha value is -1.47. The number of hydrogen-bond donors (Lipinski definition) is 2. The van der Waals surface area contributed by atoms with Gasteiger partial charge in [-0.2, -0.15) is 4.37 Å². The lowest BCUT2D eigenvalue weighted by Gasteiger charge is -2.20. The van der Waals surface area contributed by atoms with Crippen LogP contribution < -0.4 is 10.2 Å². The first-order chi connectivity index (χ1) is 8.40. The Morgan fingerprint density at radius 3 is 2.67 bits per heavy atom. The minimum Gasteiger partial charge on any atom is -0.478 e. The van der Waals surface area contributed by atoms with Crippen molar-refractivity contribution in [1.82, 2.24) is 9.69 Å². The molecule has 1 aromatic rings. The molecule has 0 saturated heterocycles. The van der Waals surface area contributed by atoms with Gasteiger partial charge in [0.05, 0.1) is 5.69 Å². The molecule has 0 saturated carbocycles. The maximum atomic E-state index is 12.1. The van der Waals surface area contributed by atoms with E-state index in [1.807, 2.05) is 0 Å². The van der Waals surface area contributed by atoms with Crippen LogP contribution in [0.3, 0.4) is 0 Å². The summed E-state index contributed by atoms with van der Waals surface area (Å²) in [6, 6.07) is 0. The molecule has 0 fully saturated rings. The second kappa shape index (κ2) is 5.92. The van der Waals surface area contributed by atoms with Crippen LogP contribution in [0.4, 0.5) is 5.00 Å². The van der Waals surface area contributed by atoms with Crippen LogP contribution in [0.5, 0.6) is 0 Å². The van der Waals surface area contributed by atoms with Crippen molar-refractivity contribution < 1.29 is 14.7 Å². The molecule has 1 aromatic heterocycles. The normalized spacial score (nSPS) is 12.2. The van der Waals surface area contributed by atoms with Crippen LogP contribution in [0.1, 0.15) is 23.0 Å². The standard InChI is InChI=1S/C11H17N3O3S/c1-6(5-12-3)9(15)14(4)10-8(11(16)17)7(2)13-18-10/h6,12H,5H2,1-4H3,(H,16,17). The number of rotatable bonds is 5. The maximum Gasteiger partial charge on any atom is 0.340 e. The molecule has 6 nitrogen and oxygen atoms in total. The highest BCUT2D eigenvalue weighted by Crippen LogP contribution is 2.28. The fourth-order valence-corrected chi connectivity index (χ4v) is 2.51. The molecule has 0 radical (unpaired) electrons. The van der Waals surface area contributed by atoms with Crippen molar-refractivity contribution in [3.63, 3.8) is 0 Å². The van der Waals surface area contributed by atoms with Gasteiger partial charge in [-0.05, 0) is 25.5 Å². The van der Waals surface area contributed by atoms with Gasteiger partial charge >= 0.3 is 5.97 Å². The summed E-state index contributed by atoms with van der Waals surface area (Å²) in [5, 5.41) is 12.4. The fourth-order valence-electron chi connectivity index (χ4n) is 1.66. The summed E-state index contributed by atoms with van der Waals surface area (Å²) in [5.74, 6) is -1.41. The Balaban J connectivity index is 3.00. The van der Waals surface area contributed by atoms with E-state index in [9.17, 15) is 9.59 Å². The molecule has 0 aliphatic heterocycles. The lowest BCUT2D eigenvalue weighted by molar-refractivity contribution is -0.121. The average Bonchev–Trinajstić information content (AvgIpc) is 2.69. The Kier molecular flexibility index (Phi) is 4.80. The number of amides is 1. The van der Waals surface area contributed by atoms with Crippen molar-refractivity contribution in [1.29, 1.82) is 0 Å². The number of carbonyl (C=O) groups is 2. The third-order valence-corrected chi connectivity index (χ3v) is 3.64. The predicted molar refractivity (Wildman–Crippen MR) is 70.3 cm³/mol. The second-order valence-corrected chi connectivity index (χ2v) is 4.86. The number of aromatic nitrogens is 1. The summed E-state index contributed by atoms with van der Waals surface area (Å²) in [6.45, 7) is 3.96. The first-order valence-corrected chi connectivity index (χ1v) is 6.29. The number of aromatic carboxylic acids is 1. The van der Waals surface area contributed by atoms with Gasteiger partial charge in [0.1, 0.15) is 10.6 Å². The smallest absolute Gasteiger partial charge is 0.340 e. The lowest BCUT2D eigenvalue weighted by atomic mass is 10.1. The molecule has 1 rings (SSSR count). The molecule has 0 aliphatic rings. The molecule has 18 heavy (non-hydrogen) atoms. The van der Waals surface area contributed by atoms with Crippen molar-refractivity contribution in [3.8, 4) is 0 Å². The summed E-state index contributed by atoms with van der Waals surface area (Å²) in [6.07, 6.45) is 0. The van der Waals surface area contributed by atoms with E-state index in [1.54, 1.807) is 27.9 Å². The van der Waals surface area contributed by atoms with Crippen molar-refractivity contribution >= 4 is 28.4 Å². The first-order valence-electron chi connectivity index (χ1n) is 5.51. The third kappa shape index (κ3) is 2.85. The van der Waals surface area contributed by atoms with Gasteiger partial charge in [0.15, 0.2) is 0 Å². The first kappa shape index (κ1) is 14.6. The van der Waals surface area contributed by atoms with E-state index in [2.05, 4.69) is 9.69 Å². The van der Waals surface area contributed by atoms with E-state index in [-0.39, 0.29) is 17.4 Å². The van der Waals surface area contributed by atoms with Crippen molar-refractivity contribution in [3.05, 3.63) is 11.3 Å². The topological polar surface area (TPSA) is 82.5 Å². The Morgan fingerprint density at radius 1 is 1.56 bits per heavy atom. The minimum absolute atomic E-state index is 0.104. The van der Waals surface area contributed by atoms with Gasteiger partial charge in [-0.25, -0.2) is 4.79 Å². The van der Waals surface area contributed by atoms with Crippen LogP contribution in [0.25, 0.3) is 0 Å². The lowest BCUT2D eigenvalue weighted by Crippen LogP contribution is -2.36. The molecule has 1 heterocycles. The molecule has 0 aliphatic carbocycles. The highest BCUT2D eigenvalue weighted by atomic mass is 32.1. The Morgan fingerprint density at radius 2 is 2.17 bits per heavy atom. The molecule has 1 unspecified atom stereocenters. The largest absolute Gasteiger partial charge is 0.478 e. The van der Waals surface area contributed by atoms with Crippen molar-refractivity contribution in [2.45, 2.75) is 13.8 Å². The molecule has 0 aromatic carbocycles. The summed E-state index contributed by atoms with van der Waals surface area (Å²) in [5.41, 5.74) is 0.538. The second-order valence-electron chi connectivity index (χ2n) is 4.11. The van der Waals surface area contributed by atoms with Crippen LogP contribution in [0.15, 0.2) is 0 Å². The number of anilines is 1. The van der Waals surface area contributed by atoms with E-state index >= 15 is 0 Å². The number of carboxylic acid groups (broad SMARTS) is 1. The number of nitrogens with zero attached hydrogens (tertiary/aromatic N) is 2. The molecule has 100 valence electrons. The molecule has 2 N–H and O–H groups in total. The van der Waals surface area contributed by atoms with Crippen LogP contribution in [0, 0.1) is 12.8 Å². The zero-order chi connectivity index (χ0) is 13.9. The molecule has 7 heteroatoms. The van der Waals surface area contributed by atoms with E-state index in [4.69, 9.17) is 5.11 Å². The van der Waals surface area contributed by atoms with Crippen LogP contribution >= 0.6 is 11.5 Å². The molecule has 0 spiro atoms. The van der Waals surface area contributed by atoms with Crippen LogP contribution in [-0.2, 0) is 4.79 Å². The van der Waals surface area contributed by atoms with E-state index in [1.165, 1.54) is 4.90 Å². The Bertz CT molecular complexity index is 458. The molecule has 0 bridgehead atoms. The molecule has 1 atom stereocenters. The fraction of sp³-hybridized carbons (Fsp3) is 0.545. The molecular formula is C11H17N3O3S. The quantitative estimate of drug-likeness (QED) is 0.833.